The highest BCUT2D eigenvalue weighted by atomic mass is 35.5. The van der Waals surface area contributed by atoms with Crippen molar-refractivity contribution in [3.05, 3.63) is 57.9 Å². The van der Waals surface area contributed by atoms with Gasteiger partial charge in [-0.1, -0.05) is 35.1 Å². The molecule has 0 radical (unpaired) electrons. The van der Waals surface area contributed by atoms with Gasteiger partial charge in [-0.2, -0.15) is 9.30 Å². The number of carbonyl (C=O) groups is 1. The number of fused-ring (bicyclic) bond motifs is 1. The Labute approximate surface area is 185 Å². The molecule has 1 atom stereocenters. The Bertz CT molecular complexity index is 1310. The van der Waals surface area contributed by atoms with Gasteiger partial charge in [0.1, 0.15) is 16.1 Å². The lowest BCUT2D eigenvalue weighted by atomic mass is 10.2. The lowest BCUT2D eigenvalue weighted by molar-refractivity contribution is -0.121. The van der Waals surface area contributed by atoms with Gasteiger partial charge in [0.2, 0.25) is 0 Å². The van der Waals surface area contributed by atoms with Gasteiger partial charge >= 0.3 is 0 Å². The maximum absolute atomic E-state index is 14.4. The molecule has 158 valence electrons. The van der Waals surface area contributed by atoms with Crippen molar-refractivity contribution in [1.82, 2.24) is 8.87 Å². The van der Waals surface area contributed by atoms with Crippen molar-refractivity contribution in [1.29, 1.82) is 0 Å². The predicted octanol–water partition coefficient (Wildman–Crippen LogP) is 4.02. The van der Waals surface area contributed by atoms with E-state index in [0.29, 0.717) is 32.2 Å². The number of thiophene rings is 1. The van der Waals surface area contributed by atoms with Gasteiger partial charge in [0, 0.05) is 13.1 Å². The number of amides is 1. The van der Waals surface area contributed by atoms with Crippen LogP contribution in [0, 0.1) is 5.82 Å². The molecule has 1 amide bonds. The van der Waals surface area contributed by atoms with E-state index in [4.69, 9.17) is 11.6 Å². The maximum atomic E-state index is 14.4. The molecule has 1 aliphatic rings. The largest absolute Gasteiger partial charge is 0.310 e. The van der Waals surface area contributed by atoms with Crippen LogP contribution >= 0.6 is 34.3 Å². The number of para-hydroxylation sites is 1. The van der Waals surface area contributed by atoms with Gasteiger partial charge in [-0.05, 0) is 37.1 Å². The molecule has 2 aromatic heterocycles. The van der Waals surface area contributed by atoms with E-state index in [2.05, 4.69) is 11.6 Å². The first-order valence-electron chi connectivity index (χ1n) is 9.07. The number of allylic oxidation sites excluding steroid dienone is 1. The molecule has 6 nitrogen and oxygen atoms in total. The predicted molar refractivity (Wildman–Crippen MR) is 117 cm³/mol. The minimum atomic E-state index is -3.85. The number of aromatic nitrogens is 1. The van der Waals surface area contributed by atoms with Crippen molar-refractivity contribution in [3.63, 3.8) is 0 Å². The highest BCUT2D eigenvalue weighted by Gasteiger charge is 2.40. The van der Waals surface area contributed by atoms with Crippen molar-refractivity contribution in [2.45, 2.75) is 29.6 Å². The average molecular weight is 486 g/mol. The van der Waals surface area contributed by atoms with Crippen LogP contribution in [0.15, 0.2) is 52.2 Å². The second kappa shape index (κ2) is 8.35. The molecule has 4 rings (SSSR count). The van der Waals surface area contributed by atoms with Crippen LogP contribution < -0.4 is 4.80 Å². The van der Waals surface area contributed by atoms with Gasteiger partial charge in [0.15, 0.2) is 4.80 Å². The molecule has 1 saturated heterocycles. The van der Waals surface area contributed by atoms with Gasteiger partial charge in [-0.3, -0.25) is 4.79 Å². The fraction of sp³-hybridized carbons (Fsp3) is 0.263. The Balaban J connectivity index is 1.74. The number of thiazole rings is 1. The van der Waals surface area contributed by atoms with E-state index >= 15 is 0 Å². The topological polar surface area (TPSA) is 71.7 Å². The zero-order chi connectivity index (χ0) is 21.5. The molecule has 1 aromatic carbocycles. The molecule has 3 aromatic rings. The molecule has 0 saturated carbocycles. The van der Waals surface area contributed by atoms with E-state index < -0.39 is 27.8 Å². The van der Waals surface area contributed by atoms with E-state index in [1.54, 1.807) is 22.8 Å². The Morgan fingerprint density at radius 1 is 1.33 bits per heavy atom. The first kappa shape index (κ1) is 21.4. The molecule has 0 bridgehead atoms. The standard InChI is InChI=1S/C19H17ClFN3O3S3/c1-2-10-23-17-12(21)5-3-7-14(17)28-19(23)22-18(25)13-6-4-11-24(13)30(26,27)16-9-8-15(20)29-16/h2-3,5,7-9,13H,1,4,6,10-11H2. The first-order chi connectivity index (χ1) is 14.3. The Hall–Kier alpha value is -1.85. The fourth-order valence-corrected chi connectivity index (χ4v) is 7.79. The zero-order valence-corrected chi connectivity index (χ0v) is 18.8. The number of carbonyl (C=O) groups excluding carboxylic acids is 1. The van der Waals surface area contributed by atoms with Crippen molar-refractivity contribution in [3.8, 4) is 0 Å². The summed E-state index contributed by atoms with van der Waals surface area (Å²) in [7, 11) is -3.85. The summed E-state index contributed by atoms with van der Waals surface area (Å²) in [5, 5.41) is 0. The van der Waals surface area contributed by atoms with Crippen LogP contribution in [0.5, 0.6) is 0 Å². The van der Waals surface area contributed by atoms with Gasteiger partial charge in [0.05, 0.1) is 14.6 Å². The average Bonchev–Trinajstić information content (AvgIpc) is 3.42. The van der Waals surface area contributed by atoms with Gasteiger partial charge in [-0.15, -0.1) is 17.9 Å². The van der Waals surface area contributed by atoms with E-state index in [1.807, 2.05) is 0 Å². The number of sulfonamides is 1. The normalized spacial score (nSPS) is 18.3. The van der Waals surface area contributed by atoms with Crippen LogP contribution in [0.1, 0.15) is 12.8 Å². The third-order valence-electron chi connectivity index (χ3n) is 4.77. The molecular weight excluding hydrogens is 469 g/mol. The minimum absolute atomic E-state index is 0.0952. The van der Waals surface area contributed by atoms with Crippen molar-refractivity contribution in [2.24, 2.45) is 4.99 Å². The Morgan fingerprint density at radius 3 is 2.83 bits per heavy atom. The van der Waals surface area contributed by atoms with E-state index in [0.717, 1.165) is 11.3 Å². The van der Waals surface area contributed by atoms with Gasteiger partial charge in [0.25, 0.3) is 15.9 Å². The Kier molecular flexibility index (Phi) is 5.95. The summed E-state index contributed by atoms with van der Waals surface area (Å²) < 4.78 is 44.2. The van der Waals surface area contributed by atoms with E-state index in [9.17, 15) is 17.6 Å². The molecule has 0 spiro atoms. The molecule has 0 aliphatic carbocycles. The highest BCUT2D eigenvalue weighted by molar-refractivity contribution is 7.91. The summed E-state index contributed by atoms with van der Waals surface area (Å²) in [5.41, 5.74) is 0.345. The van der Waals surface area contributed by atoms with Crippen LogP contribution in [0.4, 0.5) is 4.39 Å². The summed E-state index contributed by atoms with van der Waals surface area (Å²) in [6.07, 6.45) is 2.52. The van der Waals surface area contributed by atoms with Crippen molar-refractivity contribution < 1.29 is 17.6 Å². The third-order valence-corrected chi connectivity index (χ3v) is 9.42. The number of hydrogen-bond acceptors (Lipinski definition) is 5. The second-order valence-electron chi connectivity index (χ2n) is 6.65. The van der Waals surface area contributed by atoms with Crippen LogP contribution in [0.2, 0.25) is 4.34 Å². The summed E-state index contributed by atoms with van der Waals surface area (Å²) in [5.74, 6) is -0.984. The van der Waals surface area contributed by atoms with Crippen LogP contribution in [-0.2, 0) is 21.4 Å². The summed E-state index contributed by atoms with van der Waals surface area (Å²) >= 11 is 8.02. The molecule has 30 heavy (non-hydrogen) atoms. The number of benzene rings is 1. The number of hydrogen-bond donors (Lipinski definition) is 0. The van der Waals surface area contributed by atoms with Gasteiger partial charge < -0.3 is 4.57 Å². The highest BCUT2D eigenvalue weighted by Crippen LogP contribution is 2.32. The second-order valence-corrected chi connectivity index (χ2v) is 11.5. The zero-order valence-electron chi connectivity index (χ0n) is 15.6. The Morgan fingerprint density at radius 2 is 2.13 bits per heavy atom. The lowest BCUT2D eigenvalue weighted by Gasteiger charge is -2.20. The molecule has 1 fully saturated rings. The molecule has 1 aliphatic heterocycles. The quantitative estimate of drug-likeness (QED) is 0.512. The van der Waals surface area contributed by atoms with Gasteiger partial charge in [-0.25, -0.2) is 12.8 Å². The number of halogens is 2. The lowest BCUT2D eigenvalue weighted by Crippen LogP contribution is -2.40. The SMILES string of the molecule is C=CCn1c(=NC(=O)C2CCCN2S(=O)(=O)c2ccc(Cl)s2)sc2cccc(F)c21. The molecule has 1 unspecified atom stereocenters. The summed E-state index contributed by atoms with van der Waals surface area (Å²) in [6, 6.07) is 6.74. The van der Waals surface area contributed by atoms with E-state index in [-0.39, 0.29) is 17.3 Å². The molecular formula is C19H17ClFN3O3S3. The molecule has 11 heteroatoms. The van der Waals surface area contributed by atoms with Crippen LogP contribution in [0.25, 0.3) is 10.2 Å². The monoisotopic (exact) mass is 485 g/mol. The molecule has 3 heterocycles. The van der Waals surface area contributed by atoms with Crippen molar-refractivity contribution in [2.75, 3.05) is 6.54 Å². The third kappa shape index (κ3) is 3.78. The maximum Gasteiger partial charge on any atom is 0.266 e. The number of nitrogens with zero attached hydrogens (tertiary/aromatic N) is 3. The van der Waals surface area contributed by atoms with E-state index in [1.165, 1.54) is 33.8 Å². The first-order valence-corrected chi connectivity index (χ1v) is 12.5. The van der Waals surface area contributed by atoms with Crippen molar-refractivity contribution >= 4 is 60.4 Å². The minimum Gasteiger partial charge on any atom is -0.310 e. The van der Waals surface area contributed by atoms with Crippen LogP contribution in [0.3, 0.4) is 0 Å². The summed E-state index contributed by atoms with van der Waals surface area (Å²) in [4.78, 5) is 17.5. The number of rotatable bonds is 5. The molecule has 0 N–H and O–H groups in total. The summed E-state index contributed by atoms with van der Waals surface area (Å²) in [6.45, 7) is 4.19. The van der Waals surface area contributed by atoms with Crippen LogP contribution in [-0.4, -0.2) is 35.8 Å². The fourth-order valence-electron chi connectivity index (χ4n) is 3.47. The smallest absolute Gasteiger partial charge is 0.266 e.